The maximum Gasteiger partial charge on any atom is 0.143 e. The standard InChI is InChI=1S/C10H12ClN5/c11-8-3-1-2-7(4-8)5-9(15-12)10-13-6-14-16-10/h1-4,6,9,15H,5,12H2,(H,13,14,16). The third-order valence-electron chi connectivity index (χ3n) is 2.29. The van der Waals surface area contributed by atoms with Gasteiger partial charge in [-0.15, -0.1) is 0 Å². The molecule has 0 saturated carbocycles. The van der Waals surface area contributed by atoms with Crippen molar-refractivity contribution in [1.82, 2.24) is 20.6 Å². The molecule has 4 N–H and O–H groups in total. The van der Waals surface area contributed by atoms with Crippen LogP contribution in [0.25, 0.3) is 0 Å². The van der Waals surface area contributed by atoms with Gasteiger partial charge in [-0.1, -0.05) is 23.7 Å². The summed E-state index contributed by atoms with van der Waals surface area (Å²) in [5, 5.41) is 7.29. The van der Waals surface area contributed by atoms with Crippen LogP contribution in [0.2, 0.25) is 5.02 Å². The average Bonchev–Trinajstić information content (AvgIpc) is 2.79. The first-order valence-electron chi connectivity index (χ1n) is 4.85. The molecule has 6 heteroatoms. The van der Waals surface area contributed by atoms with Gasteiger partial charge in [0.15, 0.2) is 0 Å². The van der Waals surface area contributed by atoms with Crippen LogP contribution in [0.4, 0.5) is 0 Å². The normalized spacial score (nSPS) is 12.6. The summed E-state index contributed by atoms with van der Waals surface area (Å²) in [6.45, 7) is 0. The van der Waals surface area contributed by atoms with E-state index in [1.54, 1.807) is 0 Å². The van der Waals surface area contributed by atoms with Crippen molar-refractivity contribution in [1.29, 1.82) is 0 Å². The van der Waals surface area contributed by atoms with E-state index in [9.17, 15) is 0 Å². The number of nitrogens with zero attached hydrogens (tertiary/aromatic N) is 2. The van der Waals surface area contributed by atoms with Crippen molar-refractivity contribution in [3.05, 3.63) is 47.0 Å². The number of rotatable bonds is 4. The molecule has 0 aliphatic carbocycles. The van der Waals surface area contributed by atoms with Gasteiger partial charge in [0.25, 0.3) is 0 Å². The minimum atomic E-state index is -0.0963. The van der Waals surface area contributed by atoms with E-state index >= 15 is 0 Å². The first kappa shape index (κ1) is 11.1. The van der Waals surface area contributed by atoms with E-state index in [1.165, 1.54) is 6.33 Å². The number of nitrogens with two attached hydrogens (primary N) is 1. The third-order valence-corrected chi connectivity index (χ3v) is 2.53. The van der Waals surface area contributed by atoms with E-state index in [0.717, 1.165) is 5.56 Å². The Morgan fingerprint density at radius 2 is 2.38 bits per heavy atom. The lowest BCUT2D eigenvalue weighted by Crippen LogP contribution is -2.30. The fraction of sp³-hybridized carbons (Fsp3) is 0.200. The molecular weight excluding hydrogens is 226 g/mol. The minimum absolute atomic E-state index is 0.0963. The first-order valence-corrected chi connectivity index (χ1v) is 5.23. The highest BCUT2D eigenvalue weighted by Crippen LogP contribution is 2.17. The molecular formula is C10H12ClN5. The molecule has 1 unspecified atom stereocenters. The SMILES string of the molecule is NNC(Cc1cccc(Cl)c1)c1ncn[nH]1. The number of hydrogen-bond donors (Lipinski definition) is 3. The summed E-state index contributed by atoms with van der Waals surface area (Å²) >= 11 is 5.91. The van der Waals surface area contributed by atoms with Crippen molar-refractivity contribution in [2.75, 3.05) is 0 Å². The second-order valence-corrected chi connectivity index (χ2v) is 3.86. The van der Waals surface area contributed by atoms with Gasteiger partial charge in [0.1, 0.15) is 12.2 Å². The Balaban J connectivity index is 2.13. The van der Waals surface area contributed by atoms with Crippen LogP contribution >= 0.6 is 11.6 Å². The van der Waals surface area contributed by atoms with Gasteiger partial charge in [0.2, 0.25) is 0 Å². The zero-order chi connectivity index (χ0) is 11.4. The zero-order valence-corrected chi connectivity index (χ0v) is 9.28. The molecule has 0 radical (unpaired) electrons. The largest absolute Gasteiger partial charge is 0.271 e. The predicted molar refractivity (Wildman–Crippen MR) is 61.6 cm³/mol. The number of hydrogen-bond acceptors (Lipinski definition) is 4. The zero-order valence-electron chi connectivity index (χ0n) is 8.52. The summed E-state index contributed by atoms with van der Waals surface area (Å²) in [6.07, 6.45) is 2.16. The van der Waals surface area contributed by atoms with E-state index in [-0.39, 0.29) is 6.04 Å². The predicted octanol–water partition coefficient (Wildman–Crippen LogP) is 1.21. The molecule has 0 fully saturated rings. The van der Waals surface area contributed by atoms with Gasteiger partial charge in [0, 0.05) is 5.02 Å². The fourth-order valence-electron chi connectivity index (χ4n) is 1.52. The summed E-state index contributed by atoms with van der Waals surface area (Å²) in [7, 11) is 0. The van der Waals surface area contributed by atoms with E-state index in [0.29, 0.717) is 17.3 Å². The molecule has 0 amide bonds. The van der Waals surface area contributed by atoms with Gasteiger partial charge < -0.3 is 0 Å². The molecule has 16 heavy (non-hydrogen) atoms. The molecule has 0 spiro atoms. The number of aromatic nitrogens is 3. The van der Waals surface area contributed by atoms with Crippen LogP contribution in [-0.4, -0.2) is 15.2 Å². The van der Waals surface area contributed by atoms with Gasteiger partial charge >= 0.3 is 0 Å². The highest BCUT2D eigenvalue weighted by molar-refractivity contribution is 6.30. The van der Waals surface area contributed by atoms with Gasteiger partial charge in [-0.05, 0) is 24.1 Å². The molecule has 1 aromatic heterocycles. The highest BCUT2D eigenvalue weighted by atomic mass is 35.5. The molecule has 84 valence electrons. The molecule has 0 bridgehead atoms. The van der Waals surface area contributed by atoms with E-state index in [4.69, 9.17) is 17.4 Å². The Morgan fingerprint density at radius 1 is 1.50 bits per heavy atom. The van der Waals surface area contributed by atoms with Crippen LogP contribution in [0.15, 0.2) is 30.6 Å². The summed E-state index contributed by atoms with van der Waals surface area (Å²) < 4.78 is 0. The molecule has 2 aromatic rings. The second-order valence-electron chi connectivity index (χ2n) is 3.42. The molecule has 0 aliphatic heterocycles. The highest BCUT2D eigenvalue weighted by Gasteiger charge is 2.13. The number of halogens is 1. The number of benzene rings is 1. The van der Waals surface area contributed by atoms with Crippen LogP contribution in [0, 0.1) is 0 Å². The van der Waals surface area contributed by atoms with Gasteiger partial charge in [-0.2, -0.15) is 5.10 Å². The quantitative estimate of drug-likeness (QED) is 0.552. The summed E-state index contributed by atoms with van der Waals surface area (Å²) in [4.78, 5) is 4.06. The summed E-state index contributed by atoms with van der Waals surface area (Å²) in [6, 6.07) is 7.55. The van der Waals surface area contributed by atoms with Crippen LogP contribution in [0.1, 0.15) is 17.4 Å². The lowest BCUT2D eigenvalue weighted by Gasteiger charge is -2.12. The van der Waals surface area contributed by atoms with Crippen molar-refractivity contribution >= 4 is 11.6 Å². The lowest BCUT2D eigenvalue weighted by molar-refractivity contribution is 0.524. The minimum Gasteiger partial charge on any atom is -0.271 e. The number of aromatic amines is 1. The topological polar surface area (TPSA) is 79.6 Å². The van der Waals surface area contributed by atoms with E-state index in [2.05, 4.69) is 20.6 Å². The van der Waals surface area contributed by atoms with Crippen LogP contribution in [0.3, 0.4) is 0 Å². The second kappa shape index (κ2) is 5.07. The van der Waals surface area contributed by atoms with Gasteiger partial charge in [-0.25, -0.2) is 10.4 Å². The maximum atomic E-state index is 5.91. The van der Waals surface area contributed by atoms with Crippen LogP contribution in [-0.2, 0) is 6.42 Å². The Bertz CT molecular complexity index is 442. The number of nitrogens with one attached hydrogen (secondary N) is 2. The van der Waals surface area contributed by atoms with E-state index < -0.39 is 0 Å². The van der Waals surface area contributed by atoms with Crippen molar-refractivity contribution in [2.24, 2.45) is 5.84 Å². The number of H-pyrrole nitrogens is 1. The number of hydrazine groups is 1. The van der Waals surface area contributed by atoms with Crippen molar-refractivity contribution in [3.63, 3.8) is 0 Å². The molecule has 5 nitrogen and oxygen atoms in total. The molecule has 0 saturated heterocycles. The molecule has 1 heterocycles. The van der Waals surface area contributed by atoms with Gasteiger partial charge in [-0.3, -0.25) is 10.9 Å². The van der Waals surface area contributed by atoms with Gasteiger partial charge in [0.05, 0.1) is 6.04 Å². The van der Waals surface area contributed by atoms with Crippen LogP contribution in [0.5, 0.6) is 0 Å². The summed E-state index contributed by atoms with van der Waals surface area (Å²) in [5.74, 6) is 6.19. The Morgan fingerprint density at radius 3 is 3.00 bits per heavy atom. The lowest BCUT2D eigenvalue weighted by atomic mass is 10.1. The fourth-order valence-corrected chi connectivity index (χ4v) is 1.73. The smallest absolute Gasteiger partial charge is 0.143 e. The molecule has 0 aliphatic rings. The van der Waals surface area contributed by atoms with Crippen molar-refractivity contribution in [2.45, 2.75) is 12.5 Å². The van der Waals surface area contributed by atoms with E-state index in [1.807, 2.05) is 24.3 Å². The van der Waals surface area contributed by atoms with Crippen molar-refractivity contribution < 1.29 is 0 Å². The molecule has 1 atom stereocenters. The average molecular weight is 238 g/mol. The molecule has 1 aromatic carbocycles. The maximum absolute atomic E-state index is 5.91. The third kappa shape index (κ3) is 2.57. The Labute approximate surface area is 98.0 Å². The monoisotopic (exact) mass is 237 g/mol. The summed E-state index contributed by atoms with van der Waals surface area (Å²) in [5.41, 5.74) is 3.79. The Kier molecular flexibility index (Phi) is 3.51. The first-order chi connectivity index (χ1) is 7.79. The van der Waals surface area contributed by atoms with Crippen molar-refractivity contribution in [3.8, 4) is 0 Å². The van der Waals surface area contributed by atoms with Crippen LogP contribution < -0.4 is 11.3 Å². The Hall–Kier alpha value is -1.43. The molecule has 2 rings (SSSR count).